The van der Waals surface area contributed by atoms with Crippen LogP contribution in [0.2, 0.25) is 0 Å². The zero-order valence-corrected chi connectivity index (χ0v) is 12.3. The Labute approximate surface area is 115 Å². The first-order valence-electron chi connectivity index (χ1n) is 7.46. The molecule has 2 aliphatic rings. The Bertz CT molecular complexity index is 448. The molecule has 1 aliphatic carbocycles. The lowest BCUT2D eigenvalue weighted by molar-refractivity contribution is -0.0230. The fourth-order valence-corrected chi connectivity index (χ4v) is 2.78. The number of nitrogens with one attached hydrogen (secondary N) is 1. The van der Waals surface area contributed by atoms with E-state index in [-0.39, 0.29) is 5.60 Å². The largest absolute Gasteiger partial charge is 0.370 e. The predicted molar refractivity (Wildman–Crippen MR) is 75.0 cm³/mol. The number of aromatic nitrogens is 2. The van der Waals surface area contributed by atoms with E-state index in [0.717, 1.165) is 37.7 Å². The smallest absolute Gasteiger partial charge is 0.0779 e. The van der Waals surface area contributed by atoms with Gasteiger partial charge in [-0.05, 0) is 46.5 Å². The van der Waals surface area contributed by atoms with E-state index in [9.17, 15) is 0 Å². The molecule has 2 heterocycles. The Balaban J connectivity index is 1.57. The molecule has 0 aromatic carbocycles. The molecule has 4 nitrogen and oxygen atoms in total. The van der Waals surface area contributed by atoms with Gasteiger partial charge >= 0.3 is 0 Å². The Morgan fingerprint density at radius 2 is 2.21 bits per heavy atom. The second-order valence-electron chi connectivity index (χ2n) is 6.66. The summed E-state index contributed by atoms with van der Waals surface area (Å²) >= 11 is 0. The molecule has 4 heteroatoms. The van der Waals surface area contributed by atoms with Gasteiger partial charge in [0.1, 0.15) is 0 Å². The molecule has 0 radical (unpaired) electrons. The molecule has 1 N–H and O–H groups in total. The first-order chi connectivity index (χ1) is 9.02. The van der Waals surface area contributed by atoms with Gasteiger partial charge in [-0.2, -0.15) is 5.10 Å². The maximum absolute atomic E-state index is 6.03. The number of hydrogen-bond acceptors (Lipinski definition) is 3. The quantitative estimate of drug-likeness (QED) is 0.886. The van der Waals surface area contributed by atoms with Gasteiger partial charge < -0.3 is 10.1 Å². The molecule has 1 saturated heterocycles. The van der Waals surface area contributed by atoms with Crippen molar-refractivity contribution in [3.05, 3.63) is 17.5 Å². The first-order valence-corrected chi connectivity index (χ1v) is 7.46. The second-order valence-corrected chi connectivity index (χ2v) is 6.66. The van der Waals surface area contributed by atoms with Gasteiger partial charge in [0.2, 0.25) is 0 Å². The molecule has 1 aromatic heterocycles. The topological polar surface area (TPSA) is 39.1 Å². The van der Waals surface area contributed by atoms with Gasteiger partial charge in [0.25, 0.3) is 0 Å². The number of nitrogens with zero attached hydrogens (tertiary/aromatic N) is 2. The molecule has 2 fully saturated rings. The van der Waals surface area contributed by atoms with E-state index in [1.165, 1.54) is 18.4 Å². The van der Waals surface area contributed by atoms with Gasteiger partial charge in [0.15, 0.2) is 0 Å². The standard InChI is InChI=1S/C15H25N3O/c1-11-12(8-16-13-4-5-13)9-18(17-11)10-14-6-7-15(2,3)19-14/h9,13-14,16H,4-8,10H2,1-3H3. The van der Waals surface area contributed by atoms with Crippen LogP contribution in [0.15, 0.2) is 6.20 Å². The van der Waals surface area contributed by atoms with E-state index in [1.807, 2.05) is 0 Å². The Hall–Kier alpha value is -0.870. The van der Waals surface area contributed by atoms with Crippen molar-refractivity contribution in [2.75, 3.05) is 0 Å². The van der Waals surface area contributed by atoms with Crippen LogP contribution in [0.4, 0.5) is 0 Å². The highest BCUT2D eigenvalue weighted by atomic mass is 16.5. The van der Waals surface area contributed by atoms with Crippen molar-refractivity contribution in [1.29, 1.82) is 0 Å². The van der Waals surface area contributed by atoms with Crippen molar-refractivity contribution in [1.82, 2.24) is 15.1 Å². The van der Waals surface area contributed by atoms with Gasteiger partial charge in [0, 0.05) is 24.3 Å². The lowest BCUT2D eigenvalue weighted by Crippen LogP contribution is -2.23. The molecule has 1 atom stereocenters. The summed E-state index contributed by atoms with van der Waals surface area (Å²) in [6.07, 6.45) is 7.45. The molecule has 1 aromatic rings. The van der Waals surface area contributed by atoms with Crippen LogP contribution in [0.5, 0.6) is 0 Å². The molecule has 0 spiro atoms. The van der Waals surface area contributed by atoms with E-state index in [2.05, 4.69) is 42.1 Å². The fourth-order valence-electron chi connectivity index (χ4n) is 2.78. The predicted octanol–water partition coefficient (Wildman–Crippen LogP) is 2.40. The van der Waals surface area contributed by atoms with Crippen LogP contribution < -0.4 is 5.32 Å². The van der Waals surface area contributed by atoms with Crippen LogP contribution in [-0.4, -0.2) is 27.5 Å². The number of aryl methyl sites for hydroxylation is 1. The van der Waals surface area contributed by atoms with E-state index in [0.29, 0.717) is 6.10 Å². The van der Waals surface area contributed by atoms with E-state index in [4.69, 9.17) is 4.74 Å². The maximum atomic E-state index is 6.03. The lowest BCUT2D eigenvalue weighted by Gasteiger charge is -2.19. The summed E-state index contributed by atoms with van der Waals surface area (Å²) in [4.78, 5) is 0. The number of rotatable bonds is 5. The molecule has 0 bridgehead atoms. The lowest BCUT2D eigenvalue weighted by atomic mass is 10.1. The van der Waals surface area contributed by atoms with Crippen molar-refractivity contribution in [3.63, 3.8) is 0 Å². The first kappa shape index (κ1) is 13.1. The SMILES string of the molecule is Cc1nn(CC2CCC(C)(C)O2)cc1CNC1CC1. The molecule has 0 amide bonds. The van der Waals surface area contributed by atoms with Gasteiger partial charge in [-0.15, -0.1) is 0 Å². The minimum Gasteiger partial charge on any atom is -0.370 e. The zero-order valence-electron chi connectivity index (χ0n) is 12.3. The van der Waals surface area contributed by atoms with Crippen LogP contribution >= 0.6 is 0 Å². The van der Waals surface area contributed by atoms with Gasteiger partial charge in [-0.1, -0.05) is 0 Å². The summed E-state index contributed by atoms with van der Waals surface area (Å²) in [6.45, 7) is 8.28. The molecular weight excluding hydrogens is 238 g/mol. The third-order valence-electron chi connectivity index (χ3n) is 4.15. The Morgan fingerprint density at radius 1 is 1.42 bits per heavy atom. The van der Waals surface area contributed by atoms with E-state index in [1.54, 1.807) is 0 Å². The van der Waals surface area contributed by atoms with Crippen molar-refractivity contribution in [3.8, 4) is 0 Å². The zero-order chi connectivity index (χ0) is 13.5. The third-order valence-corrected chi connectivity index (χ3v) is 4.15. The summed E-state index contributed by atoms with van der Waals surface area (Å²) in [5, 5.41) is 8.17. The van der Waals surface area contributed by atoms with Gasteiger partial charge in [-0.25, -0.2) is 0 Å². The van der Waals surface area contributed by atoms with Crippen LogP contribution in [0.1, 0.15) is 50.8 Å². The highest BCUT2D eigenvalue weighted by Gasteiger charge is 2.32. The summed E-state index contributed by atoms with van der Waals surface area (Å²) in [5.74, 6) is 0. The highest BCUT2D eigenvalue weighted by Crippen LogP contribution is 2.30. The van der Waals surface area contributed by atoms with Gasteiger partial charge in [-0.3, -0.25) is 4.68 Å². The molecule has 106 valence electrons. The van der Waals surface area contributed by atoms with E-state index < -0.39 is 0 Å². The van der Waals surface area contributed by atoms with E-state index >= 15 is 0 Å². The Morgan fingerprint density at radius 3 is 2.84 bits per heavy atom. The Kier molecular flexibility index (Phi) is 3.39. The van der Waals surface area contributed by atoms with Crippen LogP contribution in [0.25, 0.3) is 0 Å². The third kappa shape index (κ3) is 3.37. The number of ether oxygens (including phenoxy) is 1. The van der Waals surface area contributed by atoms with Crippen LogP contribution in [-0.2, 0) is 17.8 Å². The van der Waals surface area contributed by atoms with Crippen LogP contribution in [0, 0.1) is 6.92 Å². The number of hydrogen-bond donors (Lipinski definition) is 1. The maximum Gasteiger partial charge on any atom is 0.0779 e. The van der Waals surface area contributed by atoms with Crippen molar-refractivity contribution < 1.29 is 4.74 Å². The second kappa shape index (κ2) is 4.91. The fraction of sp³-hybridized carbons (Fsp3) is 0.800. The summed E-state index contributed by atoms with van der Waals surface area (Å²) < 4.78 is 8.09. The van der Waals surface area contributed by atoms with Crippen LogP contribution in [0.3, 0.4) is 0 Å². The van der Waals surface area contributed by atoms with Crippen molar-refractivity contribution >= 4 is 0 Å². The monoisotopic (exact) mass is 263 g/mol. The molecule has 1 saturated carbocycles. The molecular formula is C15H25N3O. The van der Waals surface area contributed by atoms with Crippen molar-refractivity contribution in [2.24, 2.45) is 0 Å². The average Bonchev–Trinajstić information content (AvgIpc) is 3.01. The summed E-state index contributed by atoms with van der Waals surface area (Å²) in [6, 6.07) is 0.752. The average molecular weight is 263 g/mol. The summed E-state index contributed by atoms with van der Waals surface area (Å²) in [7, 11) is 0. The molecule has 3 rings (SSSR count). The molecule has 1 unspecified atom stereocenters. The normalized spacial score (nSPS) is 25.9. The molecule has 19 heavy (non-hydrogen) atoms. The highest BCUT2D eigenvalue weighted by molar-refractivity contribution is 5.15. The molecule has 1 aliphatic heterocycles. The summed E-state index contributed by atoms with van der Waals surface area (Å²) in [5.41, 5.74) is 2.51. The minimum absolute atomic E-state index is 0.0449. The van der Waals surface area contributed by atoms with Crippen molar-refractivity contribution in [2.45, 2.75) is 77.3 Å². The van der Waals surface area contributed by atoms with Gasteiger partial charge in [0.05, 0.1) is 23.9 Å². The minimum atomic E-state index is 0.0449.